The Labute approximate surface area is 138 Å². The molecule has 2 aliphatic rings. The number of aromatic nitrogens is 2. The number of piperidine rings is 1. The normalized spacial score (nSPS) is 23.4. The van der Waals surface area contributed by atoms with Crippen molar-refractivity contribution in [2.45, 2.75) is 71.6 Å². The summed E-state index contributed by atoms with van der Waals surface area (Å²) in [4.78, 5) is 14.7. The molecule has 1 aliphatic heterocycles. The van der Waals surface area contributed by atoms with Gasteiger partial charge in [0, 0.05) is 25.4 Å². The van der Waals surface area contributed by atoms with Crippen molar-refractivity contribution in [3.05, 3.63) is 11.8 Å². The van der Waals surface area contributed by atoms with Crippen molar-refractivity contribution < 1.29 is 9.21 Å². The highest BCUT2D eigenvalue weighted by molar-refractivity contribution is 5.79. The lowest BCUT2D eigenvalue weighted by molar-refractivity contribution is -0.136. The first kappa shape index (κ1) is 16.5. The van der Waals surface area contributed by atoms with Crippen LogP contribution in [-0.4, -0.2) is 34.1 Å². The number of hydrogen-bond donors (Lipinski definition) is 0. The van der Waals surface area contributed by atoms with E-state index in [1.807, 2.05) is 4.90 Å². The molecule has 1 amide bonds. The van der Waals surface area contributed by atoms with Gasteiger partial charge in [0.15, 0.2) is 0 Å². The molecule has 1 aromatic heterocycles. The lowest BCUT2D eigenvalue weighted by atomic mass is 9.92. The highest BCUT2D eigenvalue weighted by Crippen LogP contribution is 2.31. The maximum atomic E-state index is 12.6. The average molecular weight is 319 g/mol. The van der Waals surface area contributed by atoms with Crippen molar-refractivity contribution in [3.8, 4) is 0 Å². The van der Waals surface area contributed by atoms with Crippen LogP contribution in [0.5, 0.6) is 0 Å². The molecule has 0 bridgehead atoms. The maximum Gasteiger partial charge on any atom is 0.225 e. The van der Waals surface area contributed by atoms with Crippen LogP contribution in [-0.2, 0) is 11.2 Å². The summed E-state index contributed by atoms with van der Waals surface area (Å²) in [5.74, 6) is 2.24. The molecule has 1 saturated heterocycles. The quantitative estimate of drug-likeness (QED) is 0.855. The summed E-state index contributed by atoms with van der Waals surface area (Å²) in [7, 11) is 0. The maximum absolute atomic E-state index is 12.6. The Morgan fingerprint density at radius 1 is 1.17 bits per heavy atom. The average Bonchev–Trinajstić information content (AvgIpc) is 3.16. The summed E-state index contributed by atoms with van der Waals surface area (Å²) in [6.45, 7) is 8.12. The highest BCUT2D eigenvalue weighted by Gasteiger charge is 2.33. The van der Waals surface area contributed by atoms with Crippen molar-refractivity contribution >= 4 is 5.91 Å². The summed E-state index contributed by atoms with van der Waals surface area (Å²) in [5.41, 5.74) is 0.140. The van der Waals surface area contributed by atoms with E-state index >= 15 is 0 Å². The lowest BCUT2D eigenvalue weighted by Crippen LogP contribution is -2.41. The van der Waals surface area contributed by atoms with Gasteiger partial charge in [-0.3, -0.25) is 4.79 Å². The number of amides is 1. The zero-order valence-corrected chi connectivity index (χ0v) is 14.7. The largest absolute Gasteiger partial charge is 0.425 e. The minimum Gasteiger partial charge on any atom is -0.425 e. The molecular weight excluding hydrogens is 290 g/mol. The Morgan fingerprint density at radius 3 is 2.61 bits per heavy atom. The summed E-state index contributed by atoms with van der Waals surface area (Å²) in [6, 6.07) is 0. The molecular formula is C18H29N3O2. The number of nitrogens with zero attached hydrogens (tertiary/aromatic N) is 3. The van der Waals surface area contributed by atoms with E-state index < -0.39 is 0 Å². The minimum absolute atomic E-state index is 0.140. The van der Waals surface area contributed by atoms with Crippen molar-refractivity contribution in [2.24, 2.45) is 11.3 Å². The summed E-state index contributed by atoms with van der Waals surface area (Å²) >= 11 is 0. The summed E-state index contributed by atoms with van der Waals surface area (Å²) in [6.07, 6.45) is 7.39. The summed E-state index contributed by atoms with van der Waals surface area (Å²) < 4.78 is 5.89. The number of likely N-dealkylation sites (tertiary alicyclic amines) is 1. The molecule has 0 N–H and O–H groups in total. The molecule has 23 heavy (non-hydrogen) atoms. The number of rotatable bonds is 3. The molecule has 1 atom stereocenters. The van der Waals surface area contributed by atoms with Crippen molar-refractivity contribution in [1.82, 2.24) is 15.1 Å². The topological polar surface area (TPSA) is 59.2 Å². The lowest BCUT2D eigenvalue weighted by Gasteiger charge is -2.32. The van der Waals surface area contributed by atoms with Gasteiger partial charge >= 0.3 is 0 Å². The first-order valence-electron chi connectivity index (χ1n) is 9.03. The Balaban J connectivity index is 1.63. The van der Waals surface area contributed by atoms with Crippen LogP contribution in [0.2, 0.25) is 0 Å². The van der Waals surface area contributed by atoms with Crippen molar-refractivity contribution in [3.63, 3.8) is 0 Å². The van der Waals surface area contributed by atoms with E-state index in [2.05, 4.69) is 31.0 Å². The Hall–Kier alpha value is -1.39. The fraction of sp³-hybridized carbons (Fsp3) is 0.833. The molecule has 2 fully saturated rings. The van der Waals surface area contributed by atoms with Gasteiger partial charge < -0.3 is 9.32 Å². The highest BCUT2D eigenvalue weighted by atomic mass is 16.4. The monoisotopic (exact) mass is 319 g/mol. The van der Waals surface area contributed by atoms with Gasteiger partial charge in [-0.1, -0.05) is 33.6 Å². The van der Waals surface area contributed by atoms with Crippen LogP contribution < -0.4 is 0 Å². The number of carbonyl (C=O) groups excluding carboxylic acids is 1. The van der Waals surface area contributed by atoms with Gasteiger partial charge in [0.1, 0.15) is 0 Å². The Morgan fingerprint density at radius 2 is 1.91 bits per heavy atom. The third kappa shape index (κ3) is 4.12. The number of carbonyl (C=O) groups is 1. The van der Waals surface area contributed by atoms with E-state index in [4.69, 9.17) is 4.42 Å². The van der Waals surface area contributed by atoms with Crippen LogP contribution in [0, 0.1) is 11.3 Å². The molecule has 5 heteroatoms. The van der Waals surface area contributed by atoms with Crippen LogP contribution in [0.4, 0.5) is 0 Å². The zero-order chi connectivity index (χ0) is 16.4. The second-order valence-corrected chi connectivity index (χ2v) is 8.38. The molecule has 0 spiro atoms. The fourth-order valence-electron chi connectivity index (χ4n) is 3.77. The van der Waals surface area contributed by atoms with E-state index in [-0.39, 0.29) is 17.3 Å². The Bertz CT molecular complexity index is 541. The van der Waals surface area contributed by atoms with Gasteiger partial charge in [0.25, 0.3) is 0 Å². The van der Waals surface area contributed by atoms with Crippen LogP contribution in [0.25, 0.3) is 0 Å². The molecule has 2 heterocycles. The van der Waals surface area contributed by atoms with E-state index in [1.165, 1.54) is 12.8 Å². The smallest absolute Gasteiger partial charge is 0.225 e. The summed E-state index contributed by atoms with van der Waals surface area (Å²) in [5, 5.41) is 8.46. The zero-order valence-electron chi connectivity index (χ0n) is 14.7. The fourth-order valence-corrected chi connectivity index (χ4v) is 3.77. The molecule has 1 aliphatic carbocycles. The third-order valence-electron chi connectivity index (χ3n) is 4.95. The second-order valence-electron chi connectivity index (χ2n) is 8.38. The molecule has 1 unspecified atom stereocenters. The van der Waals surface area contributed by atoms with Crippen LogP contribution in [0.15, 0.2) is 4.42 Å². The standard InChI is InChI=1S/C18H29N3O2/c1-18(2,3)11-15-19-20-16(23-15)14-9-6-10-21(12-14)17(22)13-7-4-5-8-13/h13-14H,4-12H2,1-3H3. The van der Waals surface area contributed by atoms with Gasteiger partial charge in [0.05, 0.1) is 5.92 Å². The first-order chi connectivity index (χ1) is 10.9. The minimum atomic E-state index is 0.140. The van der Waals surface area contributed by atoms with E-state index in [9.17, 15) is 4.79 Å². The van der Waals surface area contributed by atoms with E-state index in [0.717, 1.165) is 45.2 Å². The van der Waals surface area contributed by atoms with Crippen molar-refractivity contribution in [1.29, 1.82) is 0 Å². The van der Waals surface area contributed by atoms with E-state index in [1.54, 1.807) is 0 Å². The third-order valence-corrected chi connectivity index (χ3v) is 4.95. The molecule has 5 nitrogen and oxygen atoms in total. The SMILES string of the molecule is CC(C)(C)Cc1nnc(C2CCCN(C(=O)C3CCCC3)C2)o1. The first-order valence-corrected chi connectivity index (χ1v) is 9.03. The van der Waals surface area contributed by atoms with Crippen LogP contribution >= 0.6 is 0 Å². The Kier molecular flexibility index (Phi) is 4.74. The van der Waals surface area contributed by atoms with Gasteiger partial charge in [-0.2, -0.15) is 0 Å². The predicted molar refractivity (Wildman–Crippen MR) is 88.0 cm³/mol. The second kappa shape index (κ2) is 6.62. The van der Waals surface area contributed by atoms with Gasteiger partial charge in [-0.15, -0.1) is 10.2 Å². The van der Waals surface area contributed by atoms with Crippen LogP contribution in [0.1, 0.15) is 77.0 Å². The van der Waals surface area contributed by atoms with Gasteiger partial charge in [-0.05, 0) is 31.1 Å². The molecule has 1 saturated carbocycles. The number of hydrogen-bond acceptors (Lipinski definition) is 4. The molecule has 0 radical (unpaired) electrons. The molecule has 128 valence electrons. The molecule has 1 aromatic rings. The molecule has 0 aromatic carbocycles. The van der Waals surface area contributed by atoms with Crippen LogP contribution in [0.3, 0.4) is 0 Å². The molecule has 3 rings (SSSR count). The van der Waals surface area contributed by atoms with E-state index in [0.29, 0.717) is 17.7 Å². The predicted octanol–water partition coefficient (Wildman–Crippen LogP) is 3.55. The van der Waals surface area contributed by atoms with Crippen molar-refractivity contribution in [2.75, 3.05) is 13.1 Å². The van der Waals surface area contributed by atoms with Gasteiger partial charge in [0.2, 0.25) is 17.7 Å². The van der Waals surface area contributed by atoms with Gasteiger partial charge in [-0.25, -0.2) is 0 Å².